The number of nitrogens with two attached hydrogens (primary N) is 2. The average molecular weight is 351 g/mol. The molecule has 124 valence electrons. The largest absolute Gasteiger partial charge is 0.480 e. The smallest absolute Gasteiger partial charge is 0.321 e. The number of carbonyl (C=O) groups is 1. The minimum absolute atomic E-state index is 0.0839. The van der Waals surface area contributed by atoms with Gasteiger partial charge in [0, 0.05) is 19.3 Å². The molecule has 1 rings (SSSR count). The summed E-state index contributed by atoms with van der Waals surface area (Å²) in [6.45, 7) is -0.716. The number of hydrogen-bond acceptors (Lipinski definition) is 6. The minimum atomic E-state index is -4.16. The summed E-state index contributed by atoms with van der Waals surface area (Å²) in [7, 11) is -7.52. The third-order valence-corrected chi connectivity index (χ3v) is 4.91. The molecular weight excluding hydrogens is 334 g/mol. The van der Waals surface area contributed by atoms with Crippen LogP contribution in [0, 0.1) is 0 Å². The number of carboxylic acids is 1. The van der Waals surface area contributed by atoms with Crippen molar-refractivity contribution in [3.05, 3.63) is 29.8 Å². The molecule has 0 aromatic heterocycles. The molecule has 9 nitrogen and oxygen atoms in total. The Morgan fingerprint density at radius 1 is 1.23 bits per heavy atom. The zero-order valence-electron chi connectivity index (χ0n) is 11.7. The van der Waals surface area contributed by atoms with Crippen molar-refractivity contribution >= 4 is 26.0 Å². The van der Waals surface area contributed by atoms with E-state index in [1.165, 1.54) is 24.3 Å². The molecule has 1 unspecified atom stereocenters. The third-order valence-electron chi connectivity index (χ3n) is 2.79. The van der Waals surface area contributed by atoms with Crippen LogP contribution in [-0.4, -0.2) is 51.1 Å². The Labute approximate surface area is 128 Å². The van der Waals surface area contributed by atoms with Gasteiger partial charge in [-0.2, -0.15) is 12.7 Å². The van der Waals surface area contributed by atoms with Crippen molar-refractivity contribution in [2.75, 3.05) is 12.8 Å². The lowest BCUT2D eigenvalue weighted by atomic mass is 10.2. The van der Waals surface area contributed by atoms with Gasteiger partial charge >= 0.3 is 5.97 Å². The Balaban J connectivity index is 2.98. The Morgan fingerprint density at radius 2 is 1.73 bits per heavy atom. The normalized spacial score (nSPS) is 14.0. The SMILES string of the molecule is CS(=O)(=O)c1ccc(CN(CC(N)C(=O)O)S(N)(=O)=O)cc1. The van der Waals surface area contributed by atoms with Crippen LogP contribution in [0.5, 0.6) is 0 Å². The van der Waals surface area contributed by atoms with Crippen molar-refractivity contribution in [2.24, 2.45) is 10.9 Å². The molecule has 1 aromatic carbocycles. The summed E-state index contributed by atoms with van der Waals surface area (Å²) in [6, 6.07) is 4.06. The molecular formula is C11H17N3O6S2. The molecule has 0 radical (unpaired) electrons. The van der Waals surface area contributed by atoms with Gasteiger partial charge in [-0.05, 0) is 17.7 Å². The lowest BCUT2D eigenvalue weighted by Crippen LogP contribution is -2.47. The van der Waals surface area contributed by atoms with E-state index in [0.29, 0.717) is 9.87 Å². The highest BCUT2D eigenvalue weighted by Crippen LogP contribution is 2.13. The van der Waals surface area contributed by atoms with Crippen LogP contribution in [0.15, 0.2) is 29.2 Å². The number of benzene rings is 1. The van der Waals surface area contributed by atoms with E-state index in [9.17, 15) is 21.6 Å². The number of sulfone groups is 1. The van der Waals surface area contributed by atoms with Crippen molar-refractivity contribution in [2.45, 2.75) is 17.5 Å². The first-order chi connectivity index (χ1) is 9.91. The minimum Gasteiger partial charge on any atom is -0.480 e. The molecule has 0 aliphatic rings. The lowest BCUT2D eigenvalue weighted by Gasteiger charge is -2.21. The van der Waals surface area contributed by atoms with Crippen LogP contribution in [0.25, 0.3) is 0 Å². The summed E-state index contributed by atoms with van der Waals surface area (Å²) in [5.74, 6) is -1.36. The highest BCUT2D eigenvalue weighted by Gasteiger charge is 2.24. The van der Waals surface area contributed by atoms with Crippen molar-refractivity contribution in [1.29, 1.82) is 0 Å². The fraction of sp³-hybridized carbons (Fsp3) is 0.364. The molecule has 1 atom stereocenters. The summed E-state index contributed by atoms with van der Waals surface area (Å²) in [6.07, 6.45) is 1.05. The number of aliphatic carboxylic acids is 1. The van der Waals surface area contributed by atoms with E-state index in [-0.39, 0.29) is 11.4 Å². The molecule has 0 saturated heterocycles. The van der Waals surface area contributed by atoms with Crippen LogP contribution in [-0.2, 0) is 31.4 Å². The second-order valence-corrected chi connectivity index (χ2v) is 8.26. The summed E-state index contributed by atoms with van der Waals surface area (Å²) in [5, 5.41) is 13.8. The van der Waals surface area contributed by atoms with E-state index >= 15 is 0 Å². The van der Waals surface area contributed by atoms with Crippen LogP contribution in [0.1, 0.15) is 5.56 Å². The molecule has 1 aromatic rings. The second-order valence-electron chi connectivity index (χ2n) is 4.70. The number of nitrogens with zero attached hydrogens (tertiary/aromatic N) is 1. The summed E-state index contributed by atoms with van der Waals surface area (Å²) in [5.41, 5.74) is 5.75. The average Bonchev–Trinajstić information content (AvgIpc) is 2.36. The molecule has 0 saturated carbocycles. The summed E-state index contributed by atoms with van der Waals surface area (Å²) < 4.78 is 46.3. The van der Waals surface area contributed by atoms with Gasteiger partial charge in [-0.15, -0.1) is 0 Å². The third kappa shape index (κ3) is 5.35. The van der Waals surface area contributed by atoms with Gasteiger partial charge in [0.2, 0.25) is 0 Å². The first kappa shape index (κ1) is 18.5. The van der Waals surface area contributed by atoms with Gasteiger partial charge in [0.25, 0.3) is 10.2 Å². The van der Waals surface area contributed by atoms with Crippen molar-refractivity contribution in [3.8, 4) is 0 Å². The molecule has 5 N–H and O–H groups in total. The fourth-order valence-electron chi connectivity index (χ4n) is 1.60. The maximum atomic E-state index is 11.5. The Bertz CT molecular complexity index is 743. The monoisotopic (exact) mass is 351 g/mol. The maximum absolute atomic E-state index is 11.5. The number of rotatable bonds is 7. The predicted octanol–water partition coefficient (Wildman–Crippen LogP) is -1.49. The zero-order valence-corrected chi connectivity index (χ0v) is 13.3. The van der Waals surface area contributed by atoms with Gasteiger partial charge in [-0.3, -0.25) is 4.79 Å². The van der Waals surface area contributed by atoms with Gasteiger partial charge in [-0.25, -0.2) is 13.6 Å². The predicted molar refractivity (Wildman–Crippen MR) is 78.7 cm³/mol. The van der Waals surface area contributed by atoms with Gasteiger partial charge in [0.05, 0.1) is 4.90 Å². The van der Waals surface area contributed by atoms with Crippen molar-refractivity contribution in [3.63, 3.8) is 0 Å². The van der Waals surface area contributed by atoms with E-state index in [4.69, 9.17) is 16.0 Å². The van der Waals surface area contributed by atoms with Crippen LogP contribution >= 0.6 is 0 Å². The van der Waals surface area contributed by atoms with Gasteiger partial charge < -0.3 is 10.8 Å². The van der Waals surface area contributed by atoms with Crippen LogP contribution in [0.4, 0.5) is 0 Å². The summed E-state index contributed by atoms with van der Waals surface area (Å²) in [4.78, 5) is 10.8. The standard InChI is InChI=1S/C11H17N3O6S2/c1-21(17,18)9-4-2-8(3-5-9)6-14(22(13,19)20)7-10(12)11(15)16/h2-5,10H,6-7,12H2,1H3,(H,15,16)(H2,13,19,20). The Morgan fingerprint density at radius 3 is 2.09 bits per heavy atom. The molecule has 11 heteroatoms. The molecule has 0 fully saturated rings. The molecule has 0 aliphatic heterocycles. The lowest BCUT2D eigenvalue weighted by molar-refractivity contribution is -0.138. The highest BCUT2D eigenvalue weighted by atomic mass is 32.2. The number of hydrogen-bond donors (Lipinski definition) is 3. The quantitative estimate of drug-likeness (QED) is 0.539. The number of carboxylic acid groups (broad SMARTS) is 1. The zero-order chi connectivity index (χ0) is 17.1. The Hall–Kier alpha value is -1.53. The van der Waals surface area contributed by atoms with E-state index in [1.807, 2.05) is 0 Å². The van der Waals surface area contributed by atoms with Gasteiger partial charge in [0.15, 0.2) is 9.84 Å². The summed E-state index contributed by atoms with van der Waals surface area (Å²) >= 11 is 0. The van der Waals surface area contributed by atoms with Crippen LogP contribution in [0.2, 0.25) is 0 Å². The van der Waals surface area contributed by atoms with E-state index in [2.05, 4.69) is 0 Å². The van der Waals surface area contributed by atoms with Crippen molar-refractivity contribution < 1.29 is 26.7 Å². The topological polar surface area (TPSA) is 161 Å². The second kappa shape index (κ2) is 6.71. The van der Waals surface area contributed by atoms with Gasteiger partial charge in [-0.1, -0.05) is 12.1 Å². The first-order valence-corrected chi connectivity index (χ1v) is 9.36. The fourth-order valence-corrected chi connectivity index (χ4v) is 2.93. The van der Waals surface area contributed by atoms with E-state index in [1.54, 1.807) is 0 Å². The van der Waals surface area contributed by atoms with Crippen LogP contribution < -0.4 is 10.9 Å². The molecule has 0 spiro atoms. The molecule has 0 aliphatic carbocycles. The van der Waals surface area contributed by atoms with Crippen molar-refractivity contribution in [1.82, 2.24) is 4.31 Å². The van der Waals surface area contributed by atoms with Crippen LogP contribution in [0.3, 0.4) is 0 Å². The first-order valence-electron chi connectivity index (χ1n) is 5.96. The molecule has 22 heavy (non-hydrogen) atoms. The van der Waals surface area contributed by atoms with E-state index < -0.39 is 38.6 Å². The molecule has 0 heterocycles. The Kier molecular flexibility index (Phi) is 5.65. The maximum Gasteiger partial charge on any atom is 0.321 e. The van der Waals surface area contributed by atoms with E-state index in [0.717, 1.165) is 6.26 Å². The molecule has 0 amide bonds. The van der Waals surface area contributed by atoms with Gasteiger partial charge in [0.1, 0.15) is 6.04 Å². The molecule has 0 bridgehead atoms. The highest BCUT2D eigenvalue weighted by molar-refractivity contribution is 7.90.